The molecule has 98 valence electrons. The van der Waals surface area contributed by atoms with Gasteiger partial charge in [0.15, 0.2) is 0 Å². The monoisotopic (exact) mass is 321 g/mol. The normalized spacial score (nSPS) is 11.9. The van der Waals surface area contributed by atoms with Crippen LogP contribution in [-0.2, 0) is 0 Å². The van der Waals surface area contributed by atoms with Crippen molar-refractivity contribution >= 4 is 21.6 Å². The van der Waals surface area contributed by atoms with Crippen LogP contribution in [0.1, 0.15) is 18.6 Å². The summed E-state index contributed by atoms with van der Waals surface area (Å²) in [6, 6.07) is 13.9. The zero-order valence-electron chi connectivity index (χ0n) is 10.2. The summed E-state index contributed by atoms with van der Waals surface area (Å²) < 4.78 is 6.72. The first kappa shape index (κ1) is 13.5. The second-order valence-corrected chi connectivity index (χ2v) is 4.98. The lowest BCUT2D eigenvalue weighted by atomic mass is 10.1. The molecule has 0 amide bonds. The quantitative estimate of drug-likeness (QED) is 0.615. The van der Waals surface area contributed by atoms with Gasteiger partial charge in [0.1, 0.15) is 11.9 Å². The topological polar surface area (TPSA) is 52.4 Å². The molecule has 0 saturated heterocycles. The van der Waals surface area contributed by atoms with Crippen molar-refractivity contribution in [3.05, 3.63) is 68.7 Å². The molecular formula is C14H12BrNO3. The standard InChI is InChI=1S/C14H12BrNO3/c1-10(19-14-7-5-12(15)6-8-14)11-3-2-4-13(9-11)16(17)18/h2-10H,1H3/t10-/m1/s1. The number of benzene rings is 2. The first-order valence-corrected chi connectivity index (χ1v) is 6.52. The molecule has 0 spiro atoms. The lowest BCUT2D eigenvalue weighted by Crippen LogP contribution is -2.03. The van der Waals surface area contributed by atoms with Gasteiger partial charge in [0.2, 0.25) is 0 Å². The van der Waals surface area contributed by atoms with Crippen molar-refractivity contribution in [2.45, 2.75) is 13.0 Å². The van der Waals surface area contributed by atoms with Crippen molar-refractivity contribution in [1.82, 2.24) is 0 Å². The second kappa shape index (κ2) is 5.84. The van der Waals surface area contributed by atoms with Crippen molar-refractivity contribution in [3.8, 4) is 5.75 Å². The van der Waals surface area contributed by atoms with Crippen LogP contribution >= 0.6 is 15.9 Å². The summed E-state index contributed by atoms with van der Waals surface area (Å²) in [7, 11) is 0. The van der Waals surface area contributed by atoms with Gasteiger partial charge in [-0.25, -0.2) is 0 Å². The van der Waals surface area contributed by atoms with E-state index in [9.17, 15) is 10.1 Å². The number of halogens is 1. The first-order chi connectivity index (χ1) is 9.06. The van der Waals surface area contributed by atoms with Crippen LogP contribution in [0.5, 0.6) is 5.75 Å². The number of nitro benzene ring substituents is 1. The van der Waals surface area contributed by atoms with Crippen molar-refractivity contribution in [2.75, 3.05) is 0 Å². The fraction of sp³-hybridized carbons (Fsp3) is 0.143. The van der Waals surface area contributed by atoms with Crippen molar-refractivity contribution in [3.63, 3.8) is 0 Å². The van der Waals surface area contributed by atoms with Gasteiger partial charge in [-0.3, -0.25) is 10.1 Å². The van der Waals surface area contributed by atoms with E-state index in [1.807, 2.05) is 37.3 Å². The lowest BCUT2D eigenvalue weighted by molar-refractivity contribution is -0.385. The Morgan fingerprint density at radius 1 is 1.21 bits per heavy atom. The minimum Gasteiger partial charge on any atom is -0.486 e. The van der Waals surface area contributed by atoms with Gasteiger partial charge in [-0.15, -0.1) is 0 Å². The van der Waals surface area contributed by atoms with Crippen molar-refractivity contribution < 1.29 is 9.66 Å². The Labute approximate surface area is 119 Å². The maximum atomic E-state index is 10.7. The molecule has 0 aliphatic heterocycles. The third-order valence-corrected chi connectivity index (χ3v) is 3.21. The smallest absolute Gasteiger partial charge is 0.269 e. The molecule has 0 fully saturated rings. The van der Waals surface area contributed by atoms with Gasteiger partial charge in [0.05, 0.1) is 4.92 Å². The molecule has 0 radical (unpaired) electrons. The molecule has 5 heteroatoms. The number of rotatable bonds is 4. The number of non-ortho nitro benzene ring substituents is 1. The zero-order chi connectivity index (χ0) is 13.8. The lowest BCUT2D eigenvalue weighted by Gasteiger charge is -2.14. The van der Waals surface area contributed by atoms with E-state index >= 15 is 0 Å². The van der Waals surface area contributed by atoms with Crippen LogP contribution in [0.4, 0.5) is 5.69 Å². The Morgan fingerprint density at radius 3 is 2.53 bits per heavy atom. The van der Waals surface area contributed by atoms with Crippen LogP contribution in [0, 0.1) is 10.1 Å². The summed E-state index contributed by atoms with van der Waals surface area (Å²) in [6.07, 6.45) is -0.249. The molecule has 4 nitrogen and oxygen atoms in total. The molecule has 0 aliphatic rings. The Bertz CT molecular complexity index is 583. The molecule has 2 aromatic carbocycles. The van der Waals surface area contributed by atoms with Crippen LogP contribution in [0.3, 0.4) is 0 Å². The third kappa shape index (κ3) is 3.54. The van der Waals surface area contributed by atoms with Gasteiger partial charge in [-0.1, -0.05) is 28.1 Å². The fourth-order valence-electron chi connectivity index (χ4n) is 1.68. The number of hydrogen-bond donors (Lipinski definition) is 0. The van der Waals surface area contributed by atoms with E-state index in [2.05, 4.69) is 15.9 Å². The SMILES string of the molecule is C[C@@H](Oc1ccc(Br)cc1)c1cccc([N+](=O)[O-])c1. The molecule has 2 aromatic rings. The minimum absolute atomic E-state index is 0.0729. The van der Waals surface area contributed by atoms with Crippen LogP contribution < -0.4 is 4.74 Å². The van der Waals surface area contributed by atoms with E-state index in [1.54, 1.807) is 6.07 Å². The maximum absolute atomic E-state index is 10.7. The number of ether oxygens (including phenoxy) is 1. The van der Waals surface area contributed by atoms with E-state index in [-0.39, 0.29) is 11.8 Å². The number of nitrogens with zero attached hydrogens (tertiary/aromatic N) is 1. The highest BCUT2D eigenvalue weighted by atomic mass is 79.9. The summed E-state index contributed by atoms with van der Waals surface area (Å²) in [5.74, 6) is 0.724. The van der Waals surface area contributed by atoms with Crippen LogP contribution in [0.2, 0.25) is 0 Å². The third-order valence-electron chi connectivity index (χ3n) is 2.68. The average molecular weight is 322 g/mol. The molecular weight excluding hydrogens is 310 g/mol. The summed E-state index contributed by atoms with van der Waals surface area (Å²) in [5.41, 5.74) is 0.848. The van der Waals surface area contributed by atoms with Gasteiger partial charge in [0.25, 0.3) is 5.69 Å². The molecule has 1 atom stereocenters. The van der Waals surface area contributed by atoms with Gasteiger partial charge in [0, 0.05) is 16.6 Å². The first-order valence-electron chi connectivity index (χ1n) is 5.73. The van der Waals surface area contributed by atoms with E-state index < -0.39 is 4.92 Å². The summed E-state index contributed by atoms with van der Waals surface area (Å²) in [4.78, 5) is 10.3. The van der Waals surface area contributed by atoms with E-state index in [0.29, 0.717) is 0 Å². The highest BCUT2D eigenvalue weighted by Crippen LogP contribution is 2.25. The van der Waals surface area contributed by atoms with E-state index in [0.717, 1.165) is 15.8 Å². The van der Waals surface area contributed by atoms with Gasteiger partial charge < -0.3 is 4.74 Å². The van der Waals surface area contributed by atoms with Gasteiger partial charge in [-0.05, 0) is 36.8 Å². The molecule has 0 aromatic heterocycles. The second-order valence-electron chi connectivity index (χ2n) is 4.07. The van der Waals surface area contributed by atoms with Gasteiger partial charge in [-0.2, -0.15) is 0 Å². The molecule has 0 heterocycles. The van der Waals surface area contributed by atoms with E-state index in [1.165, 1.54) is 12.1 Å². The minimum atomic E-state index is -0.407. The maximum Gasteiger partial charge on any atom is 0.269 e. The highest BCUT2D eigenvalue weighted by molar-refractivity contribution is 9.10. The summed E-state index contributed by atoms with van der Waals surface area (Å²) >= 11 is 3.35. The molecule has 19 heavy (non-hydrogen) atoms. The van der Waals surface area contributed by atoms with Crippen LogP contribution in [0.25, 0.3) is 0 Å². The Balaban J connectivity index is 2.15. The predicted molar refractivity (Wildman–Crippen MR) is 76.3 cm³/mol. The fourth-order valence-corrected chi connectivity index (χ4v) is 1.94. The number of nitro groups is 1. The van der Waals surface area contributed by atoms with Crippen molar-refractivity contribution in [1.29, 1.82) is 0 Å². The van der Waals surface area contributed by atoms with Crippen LogP contribution in [-0.4, -0.2) is 4.92 Å². The zero-order valence-corrected chi connectivity index (χ0v) is 11.8. The Morgan fingerprint density at radius 2 is 1.89 bits per heavy atom. The molecule has 0 aliphatic carbocycles. The molecule has 0 bridgehead atoms. The molecule has 0 unspecified atom stereocenters. The largest absolute Gasteiger partial charge is 0.486 e. The number of hydrogen-bond acceptors (Lipinski definition) is 3. The van der Waals surface area contributed by atoms with Crippen molar-refractivity contribution in [2.24, 2.45) is 0 Å². The van der Waals surface area contributed by atoms with Gasteiger partial charge >= 0.3 is 0 Å². The molecule has 2 rings (SSSR count). The van der Waals surface area contributed by atoms with Crippen LogP contribution in [0.15, 0.2) is 53.0 Å². The summed E-state index contributed by atoms with van der Waals surface area (Å²) in [6.45, 7) is 1.86. The predicted octanol–water partition coefficient (Wildman–Crippen LogP) is 4.50. The Kier molecular flexibility index (Phi) is 4.16. The highest BCUT2D eigenvalue weighted by Gasteiger charge is 2.12. The Hall–Kier alpha value is -1.88. The molecule has 0 saturated carbocycles. The molecule has 0 N–H and O–H groups in total. The van der Waals surface area contributed by atoms with E-state index in [4.69, 9.17) is 4.74 Å². The average Bonchev–Trinajstić information content (AvgIpc) is 2.41. The summed E-state index contributed by atoms with van der Waals surface area (Å²) in [5, 5.41) is 10.7.